The summed E-state index contributed by atoms with van der Waals surface area (Å²) in [5, 5.41) is 2.93. The first-order chi connectivity index (χ1) is 8.58. The molecule has 3 N–H and O–H groups in total. The molecule has 1 saturated heterocycles. The molecule has 1 atom stereocenters. The number of nitrogens with one attached hydrogen (secondary N) is 1. The number of anilines is 2. The van der Waals surface area contributed by atoms with Crippen LogP contribution in [0.25, 0.3) is 0 Å². The van der Waals surface area contributed by atoms with Gasteiger partial charge in [0, 0.05) is 13.1 Å². The summed E-state index contributed by atoms with van der Waals surface area (Å²) >= 11 is 0. The van der Waals surface area contributed by atoms with Crippen LogP contribution in [-0.4, -0.2) is 24.0 Å². The number of nitrogens with two attached hydrogens (primary N) is 1. The van der Waals surface area contributed by atoms with Crippen molar-refractivity contribution in [1.82, 2.24) is 4.90 Å². The van der Waals surface area contributed by atoms with E-state index in [2.05, 4.69) is 12.2 Å². The van der Waals surface area contributed by atoms with Crippen LogP contribution < -0.4 is 11.1 Å². The van der Waals surface area contributed by atoms with Crippen molar-refractivity contribution in [2.24, 2.45) is 5.92 Å². The van der Waals surface area contributed by atoms with Gasteiger partial charge in [0.1, 0.15) is 0 Å². The SMILES string of the molecule is Cc1cccc(N)c1NC(=O)N1CCCC(C)C1. The van der Waals surface area contributed by atoms with E-state index in [1.54, 1.807) is 6.07 Å². The number of piperidine rings is 1. The van der Waals surface area contributed by atoms with Crippen molar-refractivity contribution in [1.29, 1.82) is 0 Å². The van der Waals surface area contributed by atoms with Crippen LogP contribution in [0.15, 0.2) is 18.2 Å². The van der Waals surface area contributed by atoms with Crippen LogP contribution in [0.4, 0.5) is 16.2 Å². The van der Waals surface area contributed by atoms with Gasteiger partial charge in [-0.1, -0.05) is 19.1 Å². The lowest BCUT2D eigenvalue weighted by Crippen LogP contribution is -2.41. The first-order valence-corrected chi connectivity index (χ1v) is 6.49. The van der Waals surface area contributed by atoms with Crippen molar-refractivity contribution >= 4 is 17.4 Å². The fourth-order valence-electron chi connectivity index (χ4n) is 2.42. The number of nitrogen functional groups attached to an aromatic ring is 1. The van der Waals surface area contributed by atoms with Gasteiger partial charge in [0.25, 0.3) is 0 Å². The van der Waals surface area contributed by atoms with Crippen LogP contribution >= 0.6 is 0 Å². The summed E-state index contributed by atoms with van der Waals surface area (Å²) in [6, 6.07) is 5.61. The van der Waals surface area contributed by atoms with Crippen LogP contribution in [0, 0.1) is 12.8 Å². The molecular formula is C14H21N3O. The summed E-state index contributed by atoms with van der Waals surface area (Å²) in [6.45, 7) is 5.80. The molecule has 1 unspecified atom stereocenters. The highest BCUT2D eigenvalue weighted by molar-refractivity contribution is 5.93. The van der Waals surface area contributed by atoms with Crippen molar-refractivity contribution in [2.45, 2.75) is 26.7 Å². The Morgan fingerprint density at radius 3 is 2.94 bits per heavy atom. The molecule has 4 heteroatoms. The zero-order valence-corrected chi connectivity index (χ0v) is 11.1. The number of benzene rings is 1. The molecule has 4 nitrogen and oxygen atoms in total. The lowest BCUT2D eigenvalue weighted by molar-refractivity contribution is 0.182. The smallest absolute Gasteiger partial charge is 0.321 e. The molecule has 1 aliphatic rings. The average Bonchev–Trinajstić information content (AvgIpc) is 2.34. The summed E-state index contributed by atoms with van der Waals surface area (Å²) < 4.78 is 0. The fraction of sp³-hybridized carbons (Fsp3) is 0.500. The number of likely N-dealkylation sites (tertiary alicyclic amines) is 1. The van der Waals surface area contributed by atoms with Gasteiger partial charge >= 0.3 is 6.03 Å². The monoisotopic (exact) mass is 247 g/mol. The third-order valence-corrected chi connectivity index (χ3v) is 3.48. The van der Waals surface area contributed by atoms with E-state index < -0.39 is 0 Å². The first-order valence-electron chi connectivity index (χ1n) is 6.49. The molecule has 0 aliphatic carbocycles. The maximum absolute atomic E-state index is 12.2. The van der Waals surface area contributed by atoms with E-state index in [0.717, 1.165) is 30.8 Å². The minimum Gasteiger partial charge on any atom is -0.397 e. The molecule has 0 bridgehead atoms. The predicted molar refractivity (Wildman–Crippen MR) is 74.6 cm³/mol. The molecule has 0 saturated carbocycles. The fourth-order valence-corrected chi connectivity index (χ4v) is 2.42. The summed E-state index contributed by atoms with van der Waals surface area (Å²) in [6.07, 6.45) is 2.29. The second kappa shape index (κ2) is 5.29. The Balaban J connectivity index is 2.07. The molecule has 1 aromatic rings. The number of hydrogen-bond donors (Lipinski definition) is 2. The Bertz CT molecular complexity index is 424. The summed E-state index contributed by atoms with van der Waals surface area (Å²) in [4.78, 5) is 14.1. The summed E-state index contributed by atoms with van der Waals surface area (Å²) in [7, 11) is 0. The van der Waals surface area contributed by atoms with Gasteiger partial charge in [0.2, 0.25) is 0 Å². The quantitative estimate of drug-likeness (QED) is 0.750. The Kier molecular flexibility index (Phi) is 3.75. The van der Waals surface area contributed by atoms with Crippen molar-refractivity contribution in [3.8, 4) is 0 Å². The molecule has 0 spiro atoms. The number of hydrogen-bond acceptors (Lipinski definition) is 2. The molecule has 1 heterocycles. The maximum atomic E-state index is 12.2. The second-order valence-corrected chi connectivity index (χ2v) is 5.16. The van der Waals surface area contributed by atoms with E-state index in [9.17, 15) is 4.79 Å². The van der Waals surface area contributed by atoms with Gasteiger partial charge in [-0.25, -0.2) is 4.79 Å². The highest BCUT2D eigenvalue weighted by Crippen LogP contribution is 2.24. The highest BCUT2D eigenvalue weighted by atomic mass is 16.2. The van der Waals surface area contributed by atoms with Crippen LogP contribution in [0.3, 0.4) is 0 Å². The van der Waals surface area contributed by atoms with Crippen molar-refractivity contribution in [2.75, 3.05) is 24.1 Å². The normalized spacial score (nSPS) is 19.7. The average molecular weight is 247 g/mol. The molecule has 2 amide bonds. The van der Waals surface area contributed by atoms with E-state index in [4.69, 9.17) is 5.73 Å². The molecule has 1 fully saturated rings. The van der Waals surface area contributed by atoms with Gasteiger partial charge in [-0.2, -0.15) is 0 Å². The zero-order chi connectivity index (χ0) is 13.1. The molecular weight excluding hydrogens is 226 g/mol. The number of urea groups is 1. The number of amides is 2. The summed E-state index contributed by atoms with van der Waals surface area (Å²) in [5.41, 5.74) is 8.24. The number of carbonyl (C=O) groups is 1. The predicted octanol–water partition coefficient (Wildman–Crippen LogP) is 2.84. The topological polar surface area (TPSA) is 58.4 Å². The molecule has 1 aliphatic heterocycles. The van der Waals surface area contributed by atoms with Crippen LogP contribution in [0.5, 0.6) is 0 Å². The van der Waals surface area contributed by atoms with Crippen LogP contribution in [0.1, 0.15) is 25.3 Å². The number of carbonyl (C=O) groups excluding carboxylic acids is 1. The highest BCUT2D eigenvalue weighted by Gasteiger charge is 2.21. The molecule has 0 aromatic heterocycles. The van der Waals surface area contributed by atoms with Crippen molar-refractivity contribution < 1.29 is 4.79 Å². The molecule has 1 aromatic carbocycles. The number of aryl methyl sites for hydroxylation is 1. The van der Waals surface area contributed by atoms with Crippen molar-refractivity contribution in [3.05, 3.63) is 23.8 Å². The van der Waals surface area contributed by atoms with E-state index in [-0.39, 0.29) is 6.03 Å². The van der Waals surface area contributed by atoms with Gasteiger partial charge in [-0.05, 0) is 37.3 Å². The third-order valence-electron chi connectivity index (χ3n) is 3.48. The van der Waals surface area contributed by atoms with E-state index in [0.29, 0.717) is 11.6 Å². The Hall–Kier alpha value is -1.71. The zero-order valence-electron chi connectivity index (χ0n) is 11.1. The molecule has 2 rings (SSSR count). The minimum atomic E-state index is -0.0393. The van der Waals surface area contributed by atoms with E-state index in [1.165, 1.54) is 6.42 Å². The summed E-state index contributed by atoms with van der Waals surface area (Å²) in [5.74, 6) is 0.582. The van der Waals surface area contributed by atoms with Crippen LogP contribution in [0.2, 0.25) is 0 Å². The Morgan fingerprint density at radius 1 is 1.50 bits per heavy atom. The number of para-hydroxylation sites is 1. The Morgan fingerprint density at radius 2 is 2.28 bits per heavy atom. The number of rotatable bonds is 1. The van der Waals surface area contributed by atoms with E-state index >= 15 is 0 Å². The van der Waals surface area contributed by atoms with E-state index in [1.807, 2.05) is 24.0 Å². The molecule has 18 heavy (non-hydrogen) atoms. The second-order valence-electron chi connectivity index (χ2n) is 5.16. The molecule has 0 radical (unpaired) electrons. The molecule has 98 valence electrons. The standard InChI is InChI=1S/C14H21N3O/c1-10-5-4-8-17(9-10)14(18)16-13-11(2)6-3-7-12(13)15/h3,6-7,10H,4-5,8-9,15H2,1-2H3,(H,16,18). The lowest BCUT2D eigenvalue weighted by atomic mass is 10.0. The van der Waals surface area contributed by atoms with Crippen LogP contribution in [-0.2, 0) is 0 Å². The first kappa shape index (κ1) is 12.7. The van der Waals surface area contributed by atoms with Gasteiger partial charge in [0.15, 0.2) is 0 Å². The number of nitrogens with zero attached hydrogens (tertiary/aromatic N) is 1. The Labute approximate surface area is 108 Å². The minimum absolute atomic E-state index is 0.0393. The lowest BCUT2D eigenvalue weighted by Gasteiger charge is -2.31. The van der Waals surface area contributed by atoms with Gasteiger partial charge in [-0.3, -0.25) is 0 Å². The maximum Gasteiger partial charge on any atom is 0.321 e. The van der Waals surface area contributed by atoms with Gasteiger partial charge in [-0.15, -0.1) is 0 Å². The van der Waals surface area contributed by atoms with Crippen molar-refractivity contribution in [3.63, 3.8) is 0 Å². The third kappa shape index (κ3) is 2.75. The van der Waals surface area contributed by atoms with Gasteiger partial charge in [0.05, 0.1) is 11.4 Å². The largest absolute Gasteiger partial charge is 0.397 e. The van der Waals surface area contributed by atoms with Gasteiger partial charge < -0.3 is 16.0 Å².